The molecule has 1 aliphatic carbocycles. The van der Waals surface area contributed by atoms with E-state index in [4.69, 9.17) is 8.23 Å². The van der Waals surface area contributed by atoms with Crippen molar-refractivity contribution in [3.63, 3.8) is 0 Å². The Balaban J connectivity index is 1.45. The summed E-state index contributed by atoms with van der Waals surface area (Å²) >= 11 is 0. The summed E-state index contributed by atoms with van der Waals surface area (Å²) in [5.41, 5.74) is 0. The van der Waals surface area contributed by atoms with Crippen LogP contribution in [0.2, 0.25) is 26.2 Å². The summed E-state index contributed by atoms with van der Waals surface area (Å²) < 4.78 is 13.9. The Morgan fingerprint density at radius 3 is 1.15 bits per heavy atom. The molecule has 1 aliphatic rings. The minimum Gasteiger partial charge on any atom is -0.426 e. The molecule has 2 N–H and O–H groups in total. The van der Waals surface area contributed by atoms with Crippen LogP contribution in [-0.2, 0) is 8.23 Å². The molecule has 4 aromatic carbocycles. The van der Waals surface area contributed by atoms with Crippen molar-refractivity contribution < 1.29 is 17.8 Å². The Bertz CT molecular complexity index is 1440. The Morgan fingerprint density at radius 1 is 0.488 bits per heavy atom. The molecule has 4 nitrogen and oxygen atoms in total. The first kappa shape index (κ1) is 29.6. The fourth-order valence-corrected chi connectivity index (χ4v) is 19.8. The van der Waals surface area contributed by atoms with E-state index < -0.39 is 33.8 Å². The van der Waals surface area contributed by atoms with Crippen molar-refractivity contribution in [1.29, 1.82) is 0 Å². The lowest BCUT2D eigenvalue weighted by Gasteiger charge is -2.36. The highest BCUT2D eigenvalue weighted by Crippen LogP contribution is 2.34. The molecule has 0 bridgehead atoms. The van der Waals surface area contributed by atoms with Gasteiger partial charge in [0.2, 0.25) is 16.6 Å². The first-order chi connectivity index (χ1) is 19.5. The van der Waals surface area contributed by atoms with Gasteiger partial charge >= 0.3 is 17.1 Å². The Kier molecular flexibility index (Phi) is 8.47. The van der Waals surface area contributed by atoms with Crippen molar-refractivity contribution in [1.82, 2.24) is 0 Å². The average Bonchev–Trinajstić information content (AvgIpc) is 3.52. The molecule has 4 aromatic rings. The number of hydrogen-bond donors (Lipinski definition) is 2. The molecule has 0 aliphatic heterocycles. The number of allylic oxidation sites excluding steroid dienone is 4. The third-order valence-corrected chi connectivity index (χ3v) is 22.3. The normalized spacial score (nSPS) is 14.5. The Hall–Kier alpha value is -2.93. The van der Waals surface area contributed by atoms with Gasteiger partial charge in [0.15, 0.2) is 0 Å². The van der Waals surface area contributed by atoms with Crippen LogP contribution in [0.15, 0.2) is 144 Å². The maximum Gasteiger partial charge on any atom is 0.394 e. The van der Waals surface area contributed by atoms with Crippen molar-refractivity contribution in [2.75, 3.05) is 0 Å². The fraction of sp³-hybridized carbons (Fsp3) is 0.152. The monoisotopic (exact) mass is 610 g/mol. The average molecular weight is 611 g/mol. The Labute approximate surface area is 248 Å². The van der Waals surface area contributed by atoms with E-state index >= 15 is 0 Å². The number of benzene rings is 4. The van der Waals surface area contributed by atoms with Crippen LogP contribution in [0, 0.1) is 0 Å². The molecule has 8 heteroatoms. The molecule has 0 radical (unpaired) electrons. The molecule has 0 spiro atoms. The molecule has 0 aromatic heterocycles. The van der Waals surface area contributed by atoms with E-state index in [0.29, 0.717) is 0 Å². The molecule has 210 valence electrons. The van der Waals surface area contributed by atoms with Gasteiger partial charge in [-0.2, -0.15) is 0 Å². The topological polar surface area (TPSA) is 58.9 Å². The van der Waals surface area contributed by atoms with Crippen molar-refractivity contribution in [3.8, 4) is 0 Å². The molecule has 5 rings (SSSR count). The van der Waals surface area contributed by atoms with Gasteiger partial charge in [0, 0.05) is 0 Å². The minimum absolute atomic E-state index is 0.763. The zero-order valence-corrected chi connectivity index (χ0v) is 28.1. The van der Waals surface area contributed by atoms with E-state index in [1.807, 2.05) is 121 Å². The highest BCUT2D eigenvalue weighted by molar-refractivity contribution is 7.00. The van der Waals surface area contributed by atoms with Crippen LogP contribution < -0.4 is 20.7 Å². The molecule has 0 saturated carbocycles. The standard InChI is InChI=1S/C33H38O4Si4/c1-38(2,36-40(34,28-17-9-5-10-18-28)29-19-11-6-12-20-29)32-25-26-33(27-32)39(3,4)37-41(35,30-21-13-7-14-22-30)31-23-15-8-16-24-31/h5-25,27,34-35H,26H2,1-4H3. The summed E-state index contributed by atoms with van der Waals surface area (Å²) in [5, 5.41) is 5.75. The summed E-state index contributed by atoms with van der Waals surface area (Å²) in [6.45, 7) is 8.68. The summed E-state index contributed by atoms with van der Waals surface area (Å²) in [7, 11) is -12.0. The van der Waals surface area contributed by atoms with Gasteiger partial charge in [-0.1, -0.05) is 139 Å². The third-order valence-electron chi connectivity index (χ3n) is 7.81. The van der Waals surface area contributed by atoms with E-state index in [1.165, 1.54) is 5.20 Å². The Morgan fingerprint density at radius 2 is 0.805 bits per heavy atom. The second kappa shape index (κ2) is 11.7. The summed E-state index contributed by atoms with van der Waals surface area (Å²) in [4.78, 5) is 24.5. The molecule has 0 saturated heterocycles. The van der Waals surface area contributed by atoms with Crippen LogP contribution in [0.3, 0.4) is 0 Å². The van der Waals surface area contributed by atoms with Crippen LogP contribution in [-0.4, -0.2) is 43.3 Å². The summed E-state index contributed by atoms with van der Waals surface area (Å²) in [5.74, 6) is 0. The van der Waals surface area contributed by atoms with Gasteiger partial charge in [-0.3, -0.25) is 0 Å². The molecule has 0 fully saturated rings. The largest absolute Gasteiger partial charge is 0.426 e. The van der Waals surface area contributed by atoms with Crippen LogP contribution in [0.4, 0.5) is 0 Å². The lowest BCUT2D eigenvalue weighted by atomic mass is 10.4. The van der Waals surface area contributed by atoms with Crippen molar-refractivity contribution in [2.24, 2.45) is 0 Å². The zero-order valence-electron chi connectivity index (χ0n) is 24.1. The molecule has 0 unspecified atom stereocenters. The van der Waals surface area contributed by atoms with Crippen molar-refractivity contribution in [3.05, 3.63) is 144 Å². The minimum atomic E-state index is -3.46. The molecule has 0 atom stereocenters. The van der Waals surface area contributed by atoms with Gasteiger partial charge in [-0.05, 0) is 58.6 Å². The van der Waals surface area contributed by atoms with Gasteiger partial charge < -0.3 is 17.8 Å². The first-order valence-corrected chi connectivity index (χ1v) is 23.6. The predicted molar refractivity (Wildman–Crippen MR) is 178 cm³/mol. The smallest absolute Gasteiger partial charge is 0.394 e. The maximum atomic E-state index is 12.2. The quantitative estimate of drug-likeness (QED) is 0.264. The summed E-state index contributed by atoms with van der Waals surface area (Å²) in [6.07, 6.45) is 5.25. The predicted octanol–water partition coefficient (Wildman–Crippen LogP) is 4.26. The highest BCUT2D eigenvalue weighted by atomic mass is 28.4. The van der Waals surface area contributed by atoms with Crippen molar-refractivity contribution in [2.45, 2.75) is 32.6 Å². The van der Waals surface area contributed by atoms with E-state index in [-0.39, 0.29) is 0 Å². The van der Waals surface area contributed by atoms with E-state index in [2.05, 4.69) is 38.3 Å². The second-order valence-electron chi connectivity index (χ2n) is 11.5. The van der Waals surface area contributed by atoms with Gasteiger partial charge in [-0.25, -0.2) is 0 Å². The van der Waals surface area contributed by atoms with Crippen LogP contribution >= 0.6 is 0 Å². The van der Waals surface area contributed by atoms with Crippen molar-refractivity contribution >= 4 is 54.5 Å². The SMILES string of the molecule is C[Si](C)(O[Si](O)(c1ccccc1)c1ccccc1)C1=CCC([Si](C)(C)O[Si](O)(c2ccccc2)c2ccccc2)=C1. The number of rotatable bonds is 10. The fourth-order valence-electron chi connectivity index (χ4n) is 5.45. The van der Waals surface area contributed by atoms with Crippen LogP contribution in [0.25, 0.3) is 0 Å². The highest BCUT2D eigenvalue weighted by Gasteiger charge is 2.48. The zero-order chi connectivity index (χ0) is 29.1. The van der Waals surface area contributed by atoms with E-state index in [1.54, 1.807) is 0 Å². The lowest BCUT2D eigenvalue weighted by Crippen LogP contribution is -2.66. The molecular weight excluding hydrogens is 573 g/mol. The number of hydrogen-bond acceptors (Lipinski definition) is 4. The van der Waals surface area contributed by atoms with E-state index in [9.17, 15) is 9.59 Å². The van der Waals surface area contributed by atoms with E-state index in [0.717, 1.165) is 32.4 Å². The summed E-state index contributed by atoms with van der Waals surface area (Å²) in [6, 6.07) is 39.3. The van der Waals surface area contributed by atoms with Crippen LogP contribution in [0.1, 0.15) is 6.42 Å². The molecule has 0 heterocycles. The van der Waals surface area contributed by atoms with Gasteiger partial charge in [0.25, 0.3) is 0 Å². The maximum absolute atomic E-state index is 12.2. The molecule has 0 amide bonds. The lowest BCUT2D eigenvalue weighted by molar-refractivity contribution is 0.407. The van der Waals surface area contributed by atoms with Gasteiger partial charge in [0.05, 0.1) is 0 Å². The van der Waals surface area contributed by atoms with Crippen LogP contribution in [0.5, 0.6) is 0 Å². The van der Waals surface area contributed by atoms with Gasteiger partial charge in [-0.15, -0.1) is 0 Å². The second-order valence-corrected chi connectivity index (χ2v) is 25.3. The first-order valence-electron chi connectivity index (χ1n) is 14.0. The molecule has 41 heavy (non-hydrogen) atoms. The third kappa shape index (κ3) is 6.15. The molecular formula is C33H38O4Si4. The van der Waals surface area contributed by atoms with Gasteiger partial charge in [0.1, 0.15) is 0 Å².